The number of para-hydroxylation sites is 5. The maximum Gasteiger partial charge on any atom is 0.159 e. The maximum atomic E-state index is 6.84. The monoisotopic (exact) mass is 805 g/mol. The van der Waals surface area contributed by atoms with Crippen LogP contribution in [-0.2, 0) is 0 Å². The molecule has 0 saturated carbocycles. The number of rotatable bonds is 8. The summed E-state index contributed by atoms with van der Waals surface area (Å²) < 4.78 is 13.4. The van der Waals surface area contributed by atoms with E-state index in [4.69, 9.17) is 8.83 Å². The van der Waals surface area contributed by atoms with Gasteiger partial charge in [0, 0.05) is 38.4 Å². The molecule has 0 saturated heterocycles. The summed E-state index contributed by atoms with van der Waals surface area (Å²) in [6, 6.07) is 84.1. The predicted octanol–water partition coefficient (Wildman–Crippen LogP) is 17.3. The van der Waals surface area contributed by atoms with E-state index in [2.05, 4.69) is 223 Å². The molecule has 0 aliphatic carbocycles. The third kappa shape index (κ3) is 6.29. The second-order valence-corrected chi connectivity index (χ2v) is 16.0. The Bertz CT molecular complexity index is 3640. The van der Waals surface area contributed by atoms with E-state index in [1.807, 2.05) is 18.2 Å². The summed E-state index contributed by atoms with van der Waals surface area (Å²) in [6.07, 6.45) is 0. The summed E-state index contributed by atoms with van der Waals surface area (Å²) in [4.78, 5) is 2.38. The van der Waals surface area contributed by atoms with Crippen LogP contribution in [-0.4, -0.2) is 0 Å². The number of benzene rings is 10. The molecule has 0 aliphatic heterocycles. The van der Waals surface area contributed by atoms with E-state index in [1.165, 1.54) is 16.7 Å². The average molecular weight is 806 g/mol. The molecule has 3 heteroatoms. The number of anilines is 3. The molecule has 63 heavy (non-hydrogen) atoms. The molecule has 2 aromatic heterocycles. The number of hydrogen-bond acceptors (Lipinski definition) is 3. The van der Waals surface area contributed by atoms with Crippen molar-refractivity contribution < 1.29 is 8.83 Å². The molecular formula is C60H39NO2. The van der Waals surface area contributed by atoms with Crippen molar-refractivity contribution in [3.8, 4) is 55.6 Å². The Morgan fingerprint density at radius 3 is 1.52 bits per heavy atom. The summed E-state index contributed by atoms with van der Waals surface area (Å²) in [5, 5.41) is 4.37. The first-order chi connectivity index (χ1) is 31.3. The lowest BCUT2D eigenvalue weighted by Gasteiger charge is -2.29. The van der Waals surface area contributed by atoms with Gasteiger partial charge in [0.15, 0.2) is 5.58 Å². The number of nitrogens with zero attached hydrogens (tertiary/aromatic N) is 1. The van der Waals surface area contributed by atoms with Crippen LogP contribution in [0.1, 0.15) is 0 Å². The molecule has 0 atom stereocenters. The molecule has 2 heterocycles. The molecule has 0 fully saturated rings. The molecule has 12 aromatic rings. The van der Waals surface area contributed by atoms with Gasteiger partial charge in [0.1, 0.15) is 16.7 Å². The first kappa shape index (κ1) is 36.5. The summed E-state index contributed by atoms with van der Waals surface area (Å²) >= 11 is 0. The Morgan fingerprint density at radius 1 is 0.254 bits per heavy atom. The summed E-state index contributed by atoms with van der Waals surface area (Å²) in [7, 11) is 0. The minimum Gasteiger partial charge on any atom is -0.455 e. The van der Waals surface area contributed by atoms with Crippen LogP contribution >= 0.6 is 0 Å². The molecule has 10 aromatic carbocycles. The number of hydrogen-bond donors (Lipinski definition) is 0. The molecule has 296 valence electrons. The van der Waals surface area contributed by atoms with Crippen molar-refractivity contribution in [1.29, 1.82) is 0 Å². The van der Waals surface area contributed by atoms with Gasteiger partial charge < -0.3 is 13.7 Å². The van der Waals surface area contributed by atoms with Crippen molar-refractivity contribution in [2.45, 2.75) is 0 Å². The van der Waals surface area contributed by atoms with E-state index in [-0.39, 0.29) is 0 Å². The fraction of sp³-hybridized carbons (Fsp3) is 0. The summed E-state index contributed by atoms with van der Waals surface area (Å²) in [6.45, 7) is 0. The summed E-state index contributed by atoms with van der Waals surface area (Å²) in [5.74, 6) is 0. The van der Waals surface area contributed by atoms with Crippen LogP contribution in [0.5, 0.6) is 0 Å². The standard InChI is InChI=1S/C60H39NO2/c1-3-18-40(19-4-1)42-36-37-48(47-25-8-7-24-45(47)41-20-5-2-6-21-41)54(39-42)49-26-9-12-32-55(49)61(56-33-17-31-53-51-28-11-14-35-58(51)63-60(53)56)44-23-15-22-43(38-44)46-29-16-30-52-50-27-10-13-34-57(50)62-59(46)52/h1-39H. The lowest BCUT2D eigenvalue weighted by atomic mass is 9.86. The first-order valence-corrected chi connectivity index (χ1v) is 21.4. The lowest BCUT2D eigenvalue weighted by Crippen LogP contribution is -2.12. The zero-order valence-corrected chi connectivity index (χ0v) is 34.3. The van der Waals surface area contributed by atoms with E-state index >= 15 is 0 Å². The Hall–Kier alpha value is -8.40. The highest BCUT2D eigenvalue weighted by molar-refractivity contribution is 6.12. The Kier molecular flexibility index (Phi) is 8.83. The van der Waals surface area contributed by atoms with Gasteiger partial charge in [-0.3, -0.25) is 0 Å². The van der Waals surface area contributed by atoms with Crippen LogP contribution in [0.4, 0.5) is 17.1 Å². The molecule has 0 radical (unpaired) electrons. The smallest absolute Gasteiger partial charge is 0.159 e. The summed E-state index contributed by atoms with van der Waals surface area (Å²) in [5.41, 5.74) is 17.7. The van der Waals surface area contributed by atoms with E-state index in [0.29, 0.717) is 0 Å². The van der Waals surface area contributed by atoms with E-state index in [9.17, 15) is 0 Å². The molecule has 0 aliphatic rings. The van der Waals surface area contributed by atoms with Gasteiger partial charge >= 0.3 is 0 Å². The van der Waals surface area contributed by atoms with Gasteiger partial charge in [-0.25, -0.2) is 0 Å². The molecule has 0 amide bonds. The quantitative estimate of drug-likeness (QED) is 0.153. The van der Waals surface area contributed by atoms with Gasteiger partial charge in [0.05, 0.1) is 11.4 Å². The second kappa shape index (κ2) is 15.3. The molecular weight excluding hydrogens is 767 g/mol. The zero-order chi connectivity index (χ0) is 41.7. The molecule has 3 nitrogen and oxygen atoms in total. The van der Waals surface area contributed by atoms with E-state index in [0.717, 1.165) is 99.9 Å². The van der Waals surface area contributed by atoms with Crippen LogP contribution < -0.4 is 4.90 Å². The number of furan rings is 2. The van der Waals surface area contributed by atoms with Crippen molar-refractivity contribution in [3.63, 3.8) is 0 Å². The van der Waals surface area contributed by atoms with Crippen LogP contribution in [0.2, 0.25) is 0 Å². The van der Waals surface area contributed by atoms with Crippen LogP contribution in [0, 0.1) is 0 Å². The normalized spacial score (nSPS) is 11.5. The topological polar surface area (TPSA) is 29.5 Å². The highest BCUT2D eigenvalue weighted by atomic mass is 16.3. The minimum atomic E-state index is 0.825. The molecule has 0 spiro atoms. The third-order valence-electron chi connectivity index (χ3n) is 12.3. The molecule has 0 unspecified atom stereocenters. The van der Waals surface area contributed by atoms with Gasteiger partial charge in [-0.1, -0.05) is 194 Å². The predicted molar refractivity (Wildman–Crippen MR) is 263 cm³/mol. The van der Waals surface area contributed by atoms with Crippen LogP contribution in [0.15, 0.2) is 245 Å². The Morgan fingerprint density at radius 2 is 0.762 bits per heavy atom. The highest BCUT2D eigenvalue weighted by Gasteiger charge is 2.25. The van der Waals surface area contributed by atoms with Gasteiger partial charge in [-0.2, -0.15) is 0 Å². The largest absolute Gasteiger partial charge is 0.455 e. The highest BCUT2D eigenvalue weighted by Crippen LogP contribution is 2.49. The van der Waals surface area contributed by atoms with Crippen LogP contribution in [0.3, 0.4) is 0 Å². The van der Waals surface area contributed by atoms with Gasteiger partial charge in [-0.15, -0.1) is 0 Å². The van der Waals surface area contributed by atoms with Crippen molar-refractivity contribution in [2.24, 2.45) is 0 Å². The second-order valence-electron chi connectivity index (χ2n) is 16.0. The van der Waals surface area contributed by atoms with Crippen molar-refractivity contribution in [1.82, 2.24) is 0 Å². The SMILES string of the molecule is c1ccc(-c2ccc(-c3ccccc3-c3ccccc3)c(-c3ccccc3N(c3cccc(-c4cccc5c4oc4ccccc45)c3)c3cccc4c3oc3ccccc34)c2)cc1. The minimum absolute atomic E-state index is 0.825. The van der Waals surface area contributed by atoms with Crippen molar-refractivity contribution in [2.75, 3.05) is 4.90 Å². The number of fused-ring (bicyclic) bond motifs is 6. The zero-order valence-electron chi connectivity index (χ0n) is 34.3. The Labute approximate surface area is 365 Å². The Balaban J connectivity index is 1.13. The first-order valence-electron chi connectivity index (χ1n) is 21.4. The molecule has 12 rings (SSSR count). The van der Waals surface area contributed by atoms with Crippen molar-refractivity contribution in [3.05, 3.63) is 237 Å². The van der Waals surface area contributed by atoms with Crippen molar-refractivity contribution >= 4 is 60.9 Å². The maximum absolute atomic E-state index is 6.84. The molecule has 0 bridgehead atoms. The fourth-order valence-corrected chi connectivity index (χ4v) is 9.40. The lowest BCUT2D eigenvalue weighted by molar-refractivity contribution is 0.669. The van der Waals surface area contributed by atoms with Gasteiger partial charge in [0.25, 0.3) is 0 Å². The van der Waals surface area contributed by atoms with Gasteiger partial charge in [0.2, 0.25) is 0 Å². The van der Waals surface area contributed by atoms with E-state index in [1.54, 1.807) is 0 Å². The van der Waals surface area contributed by atoms with Crippen LogP contribution in [0.25, 0.3) is 99.5 Å². The average Bonchev–Trinajstić information content (AvgIpc) is 3.94. The molecule has 0 N–H and O–H groups in total. The van der Waals surface area contributed by atoms with Gasteiger partial charge in [-0.05, 0) is 87.0 Å². The fourth-order valence-electron chi connectivity index (χ4n) is 9.40. The third-order valence-corrected chi connectivity index (χ3v) is 12.3. The van der Waals surface area contributed by atoms with E-state index < -0.39 is 0 Å².